The van der Waals surface area contributed by atoms with E-state index in [2.05, 4.69) is 10.1 Å². The lowest BCUT2D eigenvalue weighted by molar-refractivity contribution is 0.560. The first-order chi connectivity index (χ1) is 8.24. The Morgan fingerprint density at radius 3 is 2.76 bits per heavy atom. The summed E-state index contributed by atoms with van der Waals surface area (Å²) in [6, 6.07) is 6.72. The van der Waals surface area contributed by atoms with E-state index in [0.717, 1.165) is 5.82 Å². The highest BCUT2D eigenvalue weighted by Gasteiger charge is 2.20. The topological polar surface area (TPSA) is 56.7 Å². The number of nitrogens with two attached hydrogens (primary N) is 1. The summed E-state index contributed by atoms with van der Waals surface area (Å²) in [5.41, 5.74) is 6.21. The second kappa shape index (κ2) is 5.05. The van der Waals surface area contributed by atoms with Crippen LogP contribution in [-0.4, -0.2) is 21.3 Å². The van der Waals surface area contributed by atoms with Gasteiger partial charge in [0.2, 0.25) is 0 Å². The van der Waals surface area contributed by atoms with Crippen molar-refractivity contribution in [3.8, 4) is 0 Å². The molecule has 5 heteroatoms. The van der Waals surface area contributed by atoms with Gasteiger partial charge in [0.1, 0.15) is 18.0 Å². The number of nitrogens with zero attached hydrogens (tertiary/aromatic N) is 3. The Balaban J connectivity index is 2.43. The zero-order valence-corrected chi connectivity index (χ0v) is 9.68. The summed E-state index contributed by atoms with van der Waals surface area (Å²) in [4.78, 5) is 4.18. The Morgan fingerprint density at radius 1 is 1.41 bits per heavy atom. The number of hydrogen-bond acceptors (Lipinski definition) is 3. The van der Waals surface area contributed by atoms with Crippen LogP contribution in [0, 0.1) is 5.82 Å². The number of rotatable bonds is 4. The van der Waals surface area contributed by atoms with Crippen molar-refractivity contribution >= 4 is 0 Å². The zero-order valence-electron chi connectivity index (χ0n) is 9.68. The van der Waals surface area contributed by atoms with Crippen LogP contribution in [0.3, 0.4) is 0 Å². The molecule has 1 unspecified atom stereocenters. The van der Waals surface area contributed by atoms with Crippen molar-refractivity contribution in [2.75, 3.05) is 6.54 Å². The molecule has 4 nitrogen and oxygen atoms in total. The number of aromatic nitrogens is 3. The minimum atomic E-state index is -0.228. The van der Waals surface area contributed by atoms with E-state index in [1.54, 1.807) is 23.9 Å². The lowest BCUT2D eigenvalue weighted by atomic mass is 9.94. The second-order valence-electron chi connectivity index (χ2n) is 3.89. The van der Waals surface area contributed by atoms with Crippen molar-refractivity contribution < 1.29 is 4.39 Å². The number of hydrogen-bond donors (Lipinski definition) is 1. The summed E-state index contributed by atoms with van der Waals surface area (Å²) in [7, 11) is 1.80. The molecule has 0 aliphatic carbocycles. The SMILES string of the molecule is Cn1ncnc1C(CCN)c1ccccc1F. The largest absolute Gasteiger partial charge is 0.330 e. The quantitative estimate of drug-likeness (QED) is 0.870. The van der Waals surface area contributed by atoms with Crippen molar-refractivity contribution in [2.24, 2.45) is 12.8 Å². The van der Waals surface area contributed by atoms with Crippen LogP contribution in [0.1, 0.15) is 23.7 Å². The van der Waals surface area contributed by atoms with E-state index >= 15 is 0 Å². The van der Waals surface area contributed by atoms with Gasteiger partial charge in [0.15, 0.2) is 0 Å². The van der Waals surface area contributed by atoms with Crippen LogP contribution in [0.2, 0.25) is 0 Å². The fraction of sp³-hybridized carbons (Fsp3) is 0.333. The third kappa shape index (κ3) is 2.34. The maximum atomic E-state index is 13.8. The minimum Gasteiger partial charge on any atom is -0.330 e. The maximum Gasteiger partial charge on any atom is 0.138 e. The van der Waals surface area contributed by atoms with Gasteiger partial charge < -0.3 is 5.73 Å². The molecule has 17 heavy (non-hydrogen) atoms. The lowest BCUT2D eigenvalue weighted by Gasteiger charge is -2.16. The van der Waals surface area contributed by atoms with Crippen molar-refractivity contribution in [2.45, 2.75) is 12.3 Å². The molecular weight excluding hydrogens is 219 g/mol. The molecule has 0 radical (unpaired) electrons. The average Bonchev–Trinajstić information content (AvgIpc) is 2.74. The van der Waals surface area contributed by atoms with Crippen LogP contribution in [0.25, 0.3) is 0 Å². The van der Waals surface area contributed by atoms with Gasteiger partial charge >= 0.3 is 0 Å². The molecule has 0 saturated carbocycles. The first-order valence-electron chi connectivity index (χ1n) is 5.52. The summed E-state index contributed by atoms with van der Waals surface area (Å²) in [5.74, 6) is 0.364. The molecule has 0 amide bonds. The van der Waals surface area contributed by atoms with Crippen LogP contribution < -0.4 is 5.73 Å². The van der Waals surface area contributed by atoms with Gasteiger partial charge in [-0.25, -0.2) is 9.37 Å². The predicted molar refractivity (Wildman–Crippen MR) is 62.9 cm³/mol. The van der Waals surface area contributed by atoms with Crippen molar-refractivity contribution in [3.63, 3.8) is 0 Å². The van der Waals surface area contributed by atoms with Crippen LogP contribution in [0.4, 0.5) is 4.39 Å². The summed E-state index contributed by atoms with van der Waals surface area (Å²) >= 11 is 0. The van der Waals surface area contributed by atoms with Gasteiger partial charge in [0.25, 0.3) is 0 Å². The van der Waals surface area contributed by atoms with Gasteiger partial charge in [0.05, 0.1) is 0 Å². The van der Waals surface area contributed by atoms with Gasteiger partial charge in [-0.05, 0) is 24.6 Å². The Hall–Kier alpha value is -1.75. The van der Waals surface area contributed by atoms with Crippen LogP contribution in [-0.2, 0) is 7.05 Å². The minimum absolute atomic E-state index is 0.145. The van der Waals surface area contributed by atoms with Crippen LogP contribution in [0.5, 0.6) is 0 Å². The summed E-state index contributed by atoms with van der Waals surface area (Å²) in [6.45, 7) is 0.478. The molecule has 1 aromatic carbocycles. The fourth-order valence-corrected chi connectivity index (χ4v) is 1.97. The van der Waals surface area contributed by atoms with Gasteiger partial charge in [0, 0.05) is 13.0 Å². The van der Waals surface area contributed by atoms with Crippen LogP contribution in [0.15, 0.2) is 30.6 Å². The normalized spacial score (nSPS) is 12.6. The van der Waals surface area contributed by atoms with E-state index < -0.39 is 0 Å². The van der Waals surface area contributed by atoms with E-state index in [-0.39, 0.29) is 11.7 Å². The highest BCUT2D eigenvalue weighted by Crippen LogP contribution is 2.27. The highest BCUT2D eigenvalue weighted by molar-refractivity contribution is 5.27. The standard InChI is InChI=1S/C12H15FN4/c1-17-12(15-8-16-17)10(6-7-14)9-4-2-3-5-11(9)13/h2-5,8,10H,6-7,14H2,1H3. The molecule has 0 aliphatic rings. The number of aryl methyl sites for hydroxylation is 1. The van der Waals surface area contributed by atoms with E-state index in [1.165, 1.54) is 12.4 Å². The molecule has 1 heterocycles. The molecule has 0 bridgehead atoms. The van der Waals surface area contributed by atoms with Gasteiger partial charge in [-0.2, -0.15) is 5.10 Å². The molecule has 0 aliphatic heterocycles. The molecule has 0 spiro atoms. The monoisotopic (exact) mass is 234 g/mol. The molecule has 2 N–H and O–H groups in total. The predicted octanol–water partition coefficient (Wildman–Crippen LogP) is 1.43. The second-order valence-corrected chi connectivity index (χ2v) is 3.89. The Labute approximate surface area is 99.3 Å². The van der Waals surface area contributed by atoms with E-state index in [1.807, 2.05) is 6.07 Å². The van der Waals surface area contributed by atoms with Gasteiger partial charge in [-0.3, -0.25) is 4.68 Å². The number of benzene rings is 1. The van der Waals surface area contributed by atoms with Crippen molar-refractivity contribution in [1.29, 1.82) is 0 Å². The van der Waals surface area contributed by atoms with Crippen molar-refractivity contribution in [3.05, 3.63) is 47.8 Å². The lowest BCUT2D eigenvalue weighted by Crippen LogP contribution is -2.14. The first kappa shape index (κ1) is 11.7. The number of halogens is 1. The van der Waals surface area contributed by atoms with Gasteiger partial charge in [-0.1, -0.05) is 18.2 Å². The van der Waals surface area contributed by atoms with Gasteiger partial charge in [-0.15, -0.1) is 0 Å². The Morgan fingerprint density at radius 2 is 2.18 bits per heavy atom. The molecule has 1 aromatic heterocycles. The Bertz CT molecular complexity index is 495. The fourth-order valence-electron chi connectivity index (χ4n) is 1.97. The zero-order chi connectivity index (χ0) is 12.3. The third-order valence-electron chi connectivity index (χ3n) is 2.79. The summed E-state index contributed by atoms with van der Waals surface area (Å²) in [5, 5.41) is 4.02. The molecule has 2 rings (SSSR count). The molecule has 2 aromatic rings. The van der Waals surface area contributed by atoms with E-state index in [0.29, 0.717) is 18.5 Å². The van der Waals surface area contributed by atoms with Crippen molar-refractivity contribution in [1.82, 2.24) is 14.8 Å². The van der Waals surface area contributed by atoms with E-state index in [4.69, 9.17) is 5.73 Å². The van der Waals surface area contributed by atoms with E-state index in [9.17, 15) is 4.39 Å². The third-order valence-corrected chi connectivity index (χ3v) is 2.79. The molecule has 1 atom stereocenters. The highest BCUT2D eigenvalue weighted by atomic mass is 19.1. The molecule has 0 fully saturated rings. The summed E-state index contributed by atoms with van der Waals surface area (Å²) in [6.07, 6.45) is 2.12. The van der Waals surface area contributed by atoms with Crippen LogP contribution >= 0.6 is 0 Å². The summed E-state index contributed by atoms with van der Waals surface area (Å²) < 4.78 is 15.4. The average molecular weight is 234 g/mol. The maximum absolute atomic E-state index is 13.8. The molecule has 90 valence electrons. The smallest absolute Gasteiger partial charge is 0.138 e. The molecular formula is C12H15FN4. The first-order valence-corrected chi connectivity index (χ1v) is 5.52. The Kier molecular flexibility index (Phi) is 3.49. The molecule has 0 saturated heterocycles.